The quantitative estimate of drug-likeness (QED) is 0.685. The first-order valence-electron chi connectivity index (χ1n) is 7.69. The van der Waals surface area contributed by atoms with Crippen LogP contribution in [-0.4, -0.2) is 34.5 Å². The first kappa shape index (κ1) is 18.2. The maximum Gasteiger partial charge on any atom is 0.243 e. The number of hydrogen-bond donors (Lipinski definition) is 0. The Kier molecular flexibility index (Phi) is 4.84. The van der Waals surface area contributed by atoms with Crippen LogP contribution in [0.25, 0.3) is 5.69 Å². The number of sulfonamides is 1. The highest BCUT2D eigenvalue weighted by molar-refractivity contribution is 7.89. The van der Waals surface area contributed by atoms with Crippen molar-refractivity contribution in [3.63, 3.8) is 0 Å². The zero-order chi connectivity index (χ0) is 18.9. The number of nitrogens with zero attached hydrogens (tertiary/aromatic N) is 4. The van der Waals surface area contributed by atoms with Crippen molar-refractivity contribution in [1.29, 1.82) is 0 Å². The average molecular weight is 378 g/mol. The van der Waals surface area contributed by atoms with Gasteiger partial charge in [-0.05, 0) is 42.8 Å². The Morgan fingerprint density at radius 2 is 1.77 bits per heavy atom. The summed E-state index contributed by atoms with van der Waals surface area (Å²) in [5.74, 6) is -2.30. The highest BCUT2D eigenvalue weighted by Crippen LogP contribution is 2.27. The smallest absolute Gasteiger partial charge is 0.223 e. The van der Waals surface area contributed by atoms with Crippen LogP contribution in [0.4, 0.5) is 8.78 Å². The van der Waals surface area contributed by atoms with E-state index in [4.69, 9.17) is 0 Å². The zero-order valence-electron chi connectivity index (χ0n) is 14.0. The molecule has 1 heterocycles. The van der Waals surface area contributed by atoms with Gasteiger partial charge in [0, 0.05) is 13.1 Å². The lowest BCUT2D eigenvalue weighted by Crippen LogP contribution is -2.30. The molecule has 0 fully saturated rings. The molecular formula is C17H16F2N4O2S. The summed E-state index contributed by atoms with van der Waals surface area (Å²) in [4.78, 5) is 3.57. The van der Waals surface area contributed by atoms with Gasteiger partial charge in [0.1, 0.15) is 12.7 Å². The van der Waals surface area contributed by atoms with Crippen molar-refractivity contribution in [3.8, 4) is 5.69 Å². The average Bonchev–Trinajstić information content (AvgIpc) is 3.17. The van der Waals surface area contributed by atoms with Gasteiger partial charge in [-0.1, -0.05) is 12.1 Å². The summed E-state index contributed by atoms with van der Waals surface area (Å²) < 4.78 is 54.5. The normalized spacial score (nSPS) is 13.1. The zero-order valence-corrected chi connectivity index (χ0v) is 14.9. The first-order chi connectivity index (χ1) is 12.3. The molecule has 1 atom stereocenters. The van der Waals surface area contributed by atoms with Gasteiger partial charge in [0.15, 0.2) is 11.6 Å². The second-order valence-corrected chi connectivity index (χ2v) is 7.70. The van der Waals surface area contributed by atoms with E-state index in [0.29, 0.717) is 6.07 Å². The minimum Gasteiger partial charge on any atom is -0.223 e. The van der Waals surface area contributed by atoms with Crippen molar-refractivity contribution in [2.24, 2.45) is 0 Å². The maximum atomic E-state index is 13.4. The minimum absolute atomic E-state index is 0.301. The van der Waals surface area contributed by atoms with Gasteiger partial charge in [-0.15, -0.1) is 0 Å². The predicted molar refractivity (Wildman–Crippen MR) is 91.1 cm³/mol. The molecule has 26 heavy (non-hydrogen) atoms. The van der Waals surface area contributed by atoms with E-state index in [1.54, 1.807) is 42.2 Å². The van der Waals surface area contributed by atoms with E-state index in [-0.39, 0.29) is 4.90 Å². The molecule has 1 unspecified atom stereocenters. The lowest BCUT2D eigenvalue weighted by atomic mass is 10.1. The third-order valence-electron chi connectivity index (χ3n) is 4.17. The van der Waals surface area contributed by atoms with Crippen molar-refractivity contribution >= 4 is 10.0 Å². The largest absolute Gasteiger partial charge is 0.243 e. The SMILES string of the molecule is CC(c1ccc(-n2cncn2)cc1)N(C)S(=O)(=O)c1ccc(F)c(F)c1. The molecule has 0 aliphatic carbocycles. The molecule has 0 amide bonds. The topological polar surface area (TPSA) is 68.1 Å². The number of benzene rings is 2. The van der Waals surface area contributed by atoms with Crippen LogP contribution in [0.1, 0.15) is 18.5 Å². The highest BCUT2D eigenvalue weighted by atomic mass is 32.2. The standard InChI is InChI=1S/C17H16F2N4O2S/c1-12(13-3-5-14(6-4-13)23-11-20-10-21-23)22(2)26(24,25)15-7-8-16(18)17(19)9-15/h3-12H,1-2H3. The molecule has 3 rings (SSSR count). The fourth-order valence-electron chi connectivity index (χ4n) is 2.47. The number of aromatic nitrogens is 3. The predicted octanol–water partition coefficient (Wildman–Crippen LogP) is 2.93. The van der Waals surface area contributed by atoms with Gasteiger partial charge in [0.25, 0.3) is 0 Å². The van der Waals surface area contributed by atoms with Crippen molar-refractivity contribution in [1.82, 2.24) is 19.1 Å². The summed E-state index contributed by atoms with van der Waals surface area (Å²) in [6.45, 7) is 1.71. The summed E-state index contributed by atoms with van der Waals surface area (Å²) >= 11 is 0. The second kappa shape index (κ2) is 6.93. The molecule has 136 valence electrons. The van der Waals surface area contributed by atoms with E-state index in [1.807, 2.05) is 0 Å². The van der Waals surface area contributed by atoms with Crippen LogP contribution >= 0.6 is 0 Å². The number of rotatable bonds is 5. The van der Waals surface area contributed by atoms with Gasteiger partial charge in [0.2, 0.25) is 10.0 Å². The molecular weight excluding hydrogens is 362 g/mol. The van der Waals surface area contributed by atoms with E-state index >= 15 is 0 Å². The van der Waals surface area contributed by atoms with Crippen molar-refractivity contribution in [2.45, 2.75) is 17.9 Å². The van der Waals surface area contributed by atoms with Crippen LogP contribution in [-0.2, 0) is 10.0 Å². The molecule has 0 saturated carbocycles. The molecule has 0 aliphatic heterocycles. The summed E-state index contributed by atoms with van der Waals surface area (Å²) in [5, 5.41) is 4.02. The Morgan fingerprint density at radius 1 is 1.08 bits per heavy atom. The molecule has 1 aromatic heterocycles. The molecule has 0 bridgehead atoms. The van der Waals surface area contributed by atoms with E-state index in [2.05, 4.69) is 10.1 Å². The van der Waals surface area contributed by atoms with Crippen LogP contribution in [0.2, 0.25) is 0 Å². The fraction of sp³-hybridized carbons (Fsp3) is 0.176. The van der Waals surface area contributed by atoms with Crippen LogP contribution < -0.4 is 0 Å². The van der Waals surface area contributed by atoms with E-state index in [0.717, 1.165) is 27.7 Å². The van der Waals surface area contributed by atoms with Gasteiger partial charge >= 0.3 is 0 Å². The highest BCUT2D eigenvalue weighted by Gasteiger charge is 2.27. The maximum absolute atomic E-state index is 13.4. The molecule has 3 aromatic rings. The van der Waals surface area contributed by atoms with Gasteiger partial charge in [-0.25, -0.2) is 26.9 Å². The van der Waals surface area contributed by atoms with Crippen molar-refractivity contribution < 1.29 is 17.2 Å². The summed E-state index contributed by atoms with van der Waals surface area (Å²) in [6.07, 6.45) is 2.97. The van der Waals surface area contributed by atoms with Crippen molar-refractivity contribution in [3.05, 3.63) is 72.3 Å². The lowest BCUT2D eigenvalue weighted by Gasteiger charge is -2.25. The summed E-state index contributed by atoms with van der Waals surface area (Å²) in [6, 6.07) is 9.15. The number of halogens is 2. The molecule has 0 radical (unpaired) electrons. The molecule has 2 aromatic carbocycles. The Balaban J connectivity index is 1.86. The van der Waals surface area contributed by atoms with Crippen LogP contribution in [0.3, 0.4) is 0 Å². The van der Waals surface area contributed by atoms with Gasteiger partial charge in [-0.3, -0.25) is 0 Å². The molecule has 0 saturated heterocycles. The van der Waals surface area contributed by atoms with Crippen LogP contribution in [0.5, 0.6) is 0 Å². The van der Waals surface area contributed by atoms with Gasteiger partial charge in [0.05, 0.1) is 10.6 Å². The molecule has 6 nitrogen and oxygen atoms in total. The number of hydrogen-bond acceptors (Lipinski definition) is 4. The van der Waals surface area contributed by atoms with Crippen LogP contribution in [0, 0.1) is 11.6 Å². The summed E-state index contributed by atoms with van der Waals surface area (Å²) in [5.41, 5.74) is 1.52. The van der Waals surface area contributed by atoms with E-state index in [1.165, 1.54) is 13.4 Å². The molecule has 9 heteroatoms. The minimum atomic E-state index is -3.98. The van der Waals surface area contributed by atoms with Crippen LogP contribution in [0.15, 0.2) is 60.0 Å². The fourth-order valence-corrected chi connectivity index (χ4v) is 3.83. The Morgan fingerprint density at radius 3 is 2.35 bits per heavy atom. The Bertz CT molecular complexity index is 1010. The summed E-state index contributed by atoms with van der Waals surface area (Å²) in [7, 11) is -2.58. The first-order valence-corrected chi connectivity index (χ1v) is 9.13. The van der Waals surface area contributed by atoms with Gasteiger partial charge in [-0.2, -0.15) is 9.40 Å². The Labute approximate surface area is 149 Å². The Hall–Kier alpha value is -2.65. The van der Waals surface area contributed by atoms with Gasteiger partial charge < -0.3 is 0 Å². The van der Waals surface area contributed by atoms with Crippen molar-refractivity contribution in [2.75, 3.05) is 7.05 Å². The van der Waals surface area contributed by atoms with E-state index in [9.17, 15) is 17.2 Å². The lowest BCUT2D eigenvalue weighted by molar-refractivity contribution is 0.397. The monoisotopic (exact) mass is 378 g/mol. The third kappa shape index (κ3) is 3.35. The molecule has 0 N–H and O–H groups in total. The third-order valence-corrected chi connectivity index (χ3v) is 6.10. The molecule has 0 spiro atoms. The molecule has 0 aliphatic rings. The van der Waals surface area contributed by atoms with E-state index < -0.39 is 27.7 Å². The second-order valence-electron chi connectivity index (χ2n) is 5.70.